The third-order valence-electron chi connectivity index (χ3n) is 3.13. The fraction of sp³-hybridized carbons (Fsp3) is 0.400. The van der Waals surface area contributed by atoms with Crippen LogP contribution in [-0.2, 0) is 4.79 Å². The lowest BCUT2D eigenvalue weighted by molar-refractivity contribution is -0.120. The Kier molecular flexibility index (Phi) is 5.27. The summed E-state index contributed by atoms with van der Waals surface area (Å²) in [4.78, 5) is 23.3. The molecule has 5 nitrogen and oxygen atoms in total. The Morgan fingerprint density at radius 2 is 1.90 bits per heavy atom. The lowest BCUT2D eigenvalue weighted by Gasteiger charge is -2.10. The average molecular weight is 305 g/mol. The number of anilines is 1. The summed E-state index contributed by atoms with van der Waals surface area (Å²) in [5.74, 6) is 0.00506. The van der Waals surface area contributed by atoms with Crippen molar-refractivity contribution in [1.29, 1.82) is 0 Å². The van der Waals surface area contributed by atoms with Gasteiger partial charge in [0.1, 0.15) is 0 Å². The molecule has 1 saturated carbocycles. The third-order valence-corrected chi connectivity index (χ3v) is 3.33. The van der Waals surface area contributed by atoms with Crippen molar-refractivity contribution in [3.8, 4) is 0 Å². The van der Waals surface area contributed by atoms with Crippen LogP contribution in [0.3, 0.4) is 0 Å². The standard InChI is InChI=1S/C15H19N3O2S/c1-2-9-16-13(19)10-5-7-12(8-6-10)17-15(21)18-14(20)11-3-4-11/h5-8,11H,2-4,9H2,1H3,(H,16,19)(H2,17,18,20,21). The molecule has 0 unspecified atom stereocenters. The normalized spacial score (nSPS) is 13.4. The second-order valence-corrected chi connectivity index (χ2v) is 5.46. The van der Waals surface area contributed by atoms with Crippen molar-refractivity contribution >= 4 is 34.8 Å². The highest BCUT2D eigenvalue weighted by Gasteiger charge is 2.29. The van der Waals surface area contributed by atoms with Crippen molar-refractivity contribution in [1.82, 2.24) is 10.6 Å². The van der Waals surface area contributed by atoms with Crippen LogP contribution in [0.5, 0.6) is 0 Å². The summed E-state index contributed by atoms with van der Waals surface area (Å²) >= 11 is 5.08. The van der Waals surface area contributed by atoms with E-state index in [1.54, 1.807) is 24.3 Å². The number of hydrogen-bond acceptors (Lipinski definition) is 3. The van der Waals surface area contributed by atoms with Gasteiger partial charge in [0.2, 0.25) is 5.91 Å². The van der Waals surface area contributed by atoms with E-state index >= 15 is 0 Å². The molecule has 21 heavy (non-hydrogen) atoms. The van der Waals surface area contributed by atoms with Crippen LogP contribution < -0.4 is 16.0 Å². The first-order valence-corrected chi connectivity index (χ1v) is 7.51. The summed E-state index contributed by atoms with van der Waals surface area (Å²) in [5.41, 5.74) is 1.34. The largest absolute Gasteiger partial charge is 0.352 e. The van der Waals surface area contributed by atoms with E-state index in [9.17, 15) is 9.59 Å². The molecule has 0 aromatic heterocycles. The Labute approximate surface area is 129 Å². The second-order valence-electron chi connectivity index (χ2n) is 5.05. The molecular weight excluding hydrogens is 286 g/mol. The van der Waals surface area contributed by atoms with E-state index in [2.05, 4.69) is 16.0 Å². The van der Waals surface area contributed by atoms with Crippen LogP contribution in [0.2, 0.25) is 0 Å². The highest BCUT2D eigenvalue weighted by Crippen LogP contribution is 2.28. The maximum Gasteiger partial charge on any atom is 0.251 e. The van der Waals surface area contributed by atoms with Crippen molar-refractivity contribution in [2.45, 2.75) is 26.2 Å². The Bertz CT molecular complexity index is 538. The molecule has 1 aliphatic rings. The van der Waals surface area contributed by atoms with Crippen molar-refractivity contribution in [2.75, 3.05) is 11.9 Å². The summed E-state index contributed by atoms with van der Waals surface area (Å²) in [6.45, 7) is 2.67. The molecule has 0 bridgehead atoms. The molecule has 1 aromatic carbocycles. The summed E-state index contributed by atoms with van der Waals surface area (Å²) in [5, 5.41) is 8.69. The van der Waals surface area contributed by atoms with Crippen LogP contribution in [0, 0.1) is 5.92 Å². The van der Waals surface area contributed by atoms with Gasteiger partial charge in [-0.15, -0.1) is 0 Å². The molecule has 1 fully saturated rings. The van der Waals surface area contributed by atoms with Gasteiger partial charge in [-0.1, -0.05) is 6.92 Å². The minimum Gasteiger partial charge on any atom is -0.352 e. The summed E-state index contributed by atoms with van der Waals surface area (Å²) in [7, 11) is 0. The lowest BCUT2D eigenvalue weighted by Crippen LogP contribution is -2.35. The van der Waals surface area contributed by atoms with Crippen molar-refractivity contribution < 1.29 is 9.59 Å². The molecule has 3 N–H and O–H groups in total. The van der Waals surface area contributed by atoms with Gasteiger partial charge in [-0.2, -0.15) is 0 Å². The lowest BCUT2D eigenvalue weighted by atomic mass is 10.2. The number of rotatable bonds is 5. The first kappa shape index (κ1) is 15.4. The minimum absolute atomic E-state index is 0.0249. The molecular formula is C15H19N3O2S. The van der Waals surface area contributed by atoms with Crippen LogP contribution in [0.25, 0.3) is 0 Å². The maximum atomic E-state index is 11.8. The number of nitrogens with one attached hydrogen (secondary N) is 3. The van der Waals surface area contributed by atoms with Crippen LogP contribution in [0.1, 0.15) is 36.5 Å². The van der Waals surface area contributed by atoms with E-state index in [0.717, 1.165) is 24.9 Å². The molecule has 0 aliphatic heterocycles. The number of benzene rings is 1. The molecule has 112 valence electrons. The van der Waals surface area contributed by atoms with E-state index < -0.39 is 0 Å². The smallest absolute Gasteiger partial charge is 0.251 e. The fourth-order valence-corrected chi connectivity index (χ4v) is 1.99. The zero-order chi connectivity index (χ0) is 15.2. The summed E-state index contributed by atoms with van der Waals surface area (Å²) in [6.07, 6.45) is 2.78. The molecule has 0 radical (unpaired) electrons. The quantitative estimate of drug-likeness (QED) is 0.728. The Morgan fingerprint density at radius 1 is 1.24 bits per heavy atom. The number of carbonyl (C=O) groups excluding carboxylic acids is 2. The molecule has 6 heteroatoms. The van der Waals surface area contributed by atoms with E-state index in [1.165, 1.54) is 0 Å². The second kappa shape index (κ2) is 7.17. The fourth-order valence-electron chi connectivity index (χ4n) is 1.77. The van der Waals surface area contributed by atoms with Crippen LogP contribution in [-0.4, -0.2) is 23.5 Å². The van der Waals surface area contributed by atoms with E-state index in [4.69, 9.17) is 12.2 Å². The molecule has 0 saturated heterocycles. The molecule has 1 aromatic rings. The predicted octanol–water partition coefficient (Wildman–Crippen LogP) is 2.05. The molecule has 1 aliphatic carbocycles. The number of carbonyl (C=O) groups is 2. The van der Waals surface area contributed by atoms with Gasteiger partial charge in [0.15, 0.2) is 5.11 Å². The van der Waals surface area contributed by atoms with Gasteiger partial charge in [-0.25, -0.2) is 0 Å². The highest BCUT2D eigenvalue weighted by atomic mass is 32.1. The SMILES string of the molecule is CCCNC(=O)c1ccc(NC(=S)NC(=O)C2CC2)cc1. The molecule has 2 rings (SSSR count). The van der Waals surface area contributed by atoms with Crippen LogP contribution >= 0.6 is 12.2 Å². The van der Waals surface area contributed by atoms with E-state index in [0.29, 0.717) is 12.1 Å². The Balaban J connectivity index is 1.85. The number of amides is 2. The summed E-state index contributed by atoms with van der Waals surface area (Å²) < 4.78 is 0. The maximum absolute atomic E-state index is 11.8. The Hall–Kier alpha value is -1.95. The molecule has 0 atom stereocenters. The van der Waals surface area contributed by atoms with Crippen molar-refractivity contribution in [3.05, 3.63) is 29.8 Å². The number of hydrogen-bond donors (Lipinski definition) is 3. The molecule has 2 amide bonds. The van der Waals surface area contributed by atoms with Crippen LogP contribution in [0.4, 0.5) is 5.69 Å². The third kappa shape index (κ3) is 4.82. The molecule has 0 spiro atoms. The first-order valence-electron chi connectivity index (χ1n) is 7.10. The monoisotopic (exact) mass is 305 g/mol. The average Bonchev–Trinajstić information content (AvgIpc) is 3.30. The minimum atomic E-state index is -0.0898. The zero-order valence-electron chi connectivity index (χ0n) is 11.9. The van der Waals surface area contributed by atoms with E-state index in [-0.39, 0.29) is 22.8 Å². The van der Waals surface area contributed by atoms with Crippen molar-refractivity contribution in [3.63, 3.8) is 0 Å². The van der Waals surface area contributed by atoms with Gasteiger partial charge in [0.05, 0.1) is 0 Å². The van der Waals surface area contributed by atoms with Crippen molar-refractivity contribution in [2.24, 2.45) is 5.92 Å². The van der Waals surface area contributed by atoms with E-state index in [1.807, 2.05) is 6.92 Å². The van der Waals surface area contributed by atoms with Gasteiger partial charge in [-0.05, 0) is 55.7 Å². The number of thiocarbonyl (C=S) groups is 1. The van der Waals surface area contributed by atoms with Crippen LogP contribution in [0.15, 0.2) is 24.3 Å². The summed E-state index contributed by atoms with van der Waals surface area (Å²) in [6, 6.07) is 6.96. The predicted molar refractivity (Wildman–Crippen MR) is 86.2 cm³/mol. The highest BCUT2D eigenvalue weighted by molar-refractivity contribution is 7.80. The van der Waals surface area contributed by atoms with Gasteiger partial charge < -0.3 is 16.0 Å². The van der Waals surface area contributed by atoms with Gasteiger partial charge >= 0.3 is 0 Å². The van der Waals surface area contributed by atoms with Gasteiger partial charge in [-0.3, -0.25) is 9.59 Å². The zero-order valence-corrected chi connectivity index (χ0v) is 12.8. The topological polar surface area (TPSA) is 70.2 Å². The van der Waals surface area contributed by atoms with Gasteiger partial charge in [0.25, 0.3) is 5.91 Å². The first-order chi connectivity index (χ1) is 10.1. The Morgan fingerprint density at radius 3 is 2.48 bits per heavy atom. The van der Waals surface area contributed by atoms with Gasteiger partial charge in [0, 0.05) is 23.7 Å². The molecule has 0 heterocycles.